The lowest BCUT2D eigenvalue weighted by molar-refractivity contribution is -0.224. The average molecular weight is 396 g/mol. The van der Waals surface area contributed by atoms with Crippen LogP contribution in [0, 0.1) is 11.8 Å². The SMILES string of the molecule is O=S(=O)(c1ccccc1Cl)N1CC(C(F)(F)F)CC(C(F)(F)F)C1. The number of nitrogens with zero attached hydrogens (tertiary/aromatic N) is 1. The van der Waals surface area contributed by atoms with Crippen LogP contribution in [-0.4, -0.2) is 38.2 Å². The van der Waals surface area contributed by atoms with Crippen molar-refractivity contribution in [1.29, 1.82) is 0 Å². The fraction of sp³-hybridized carbons (Fsp3) is 0.538. The molecule has 0 aromatic heterocycles. The number of rotatable bonds is 2. The van der Waals surface area contributed by atoms with Crippen LogP contribution in [0.5, 0.6) is 0 Å². The van der Waals surface area contributed by atoms with Crippen LogP contribution < -0.4 is 0 Å². The van der Waals surface area contributed by atoms with Gasteiger partial charge in [0, 0.05) is 13.1 Å². The predicted octanol–water partition coefficient (Wildman–Crippen LogP) is 4.09. The van der Waals surface area contributed by atoms with Crippen molar-refractivity contribution in [1.82, 2.24) is 4.31 Å². The summed E-state index contributed by atoms with van der Waals surface area (Å²) in [5.74, 6) is -4.79. The molecule has 2 atom stereocenters. The number of piperidine rings is 1. The minimum absolute atomic E-state index is 0.216. The molecule has 1 aliphatic rings. The van der Waals surface area contributed by atoms with E-state index in [0.717, 1.165) is 6.07 Å². The maximum Gasteiger partial charge on any atom is 0.393 e. The van der Waals surface area contributed by atoms with Gasteiger partial charge in [-0.3, -0.25) is 0 Å². The van der Waals surface area contributed by atoms with Crippen molar-refractivity contribution in [3.05, 3.63) is 29.3 Å². The van der Waals surface area contributed by atoms with E-state index in [2.05, 4.69) is 0 Å². The van der Waals surface area contributed by atoms with Crippen molar-refractivity contribution in [2.75, 3.05) is 13.1 Å². The summed E-state index contributed by atoms with van der Waals surface area (Å²) >= 11 is 5.73. The fourth-order valence-electron chi connectivity index (χ4n) is 2.52. The van der Waals surface area contributed by atoms with E-state index in [1.165, 1.54) is 18.2 Å². The van der Waals surface area contributed by atoms with Gasteiger partial charge in [0.1, 0.15) is 4.90 Å². The van der Waals surface area contributed by atoms with Crippen LogP contribution in [0.4, 0.5) is 26.3 Å². The van der Waals surface area contributed by atoms with E-state index in [0.29, 0.717) is 0 Å². The van der Waals surface area contributed by atoms with Crippen molar-refractivity contribution in [3.8, 4) is 0 Å². The van der Waals surface area contributed by atoms with E-state index in [1.807, 2.05) is 0 Å². The molecule has 0 spiro atoms. The van der Waals surface area contributed by atoms with Gasteiger partial charge in [0.15, 0.2) is 0 Å². The van der Waals surface area contributed by atoms with Gasteiger partial charge in [0.25, 0.3) is 0 Å². The van der Waals surface area contributed by atoms with Crippen molar-refractivity contribution in [2.24, 2.45) is 11.8 Å². The van der Waals surface area contributed by atoms with Crippen molar-refractivity contribution in [2.45, 2.75) is 23.7 Å². The Hall–Kier alpha value is -1.00. The number of sulfonamides is 1. The quantitative estimate of drug-likeness (QED) is 0.707. The highest BCUT2D eigenvalue weighted by Crippen LogP contribution is 2.43. The molecule has 0 saturated carbocycles. The Balaban J connectivity index is 2.42. The van der Waals surface area contributed by atoms with Gasteiger partial charge in [-0.1, -0.05) is 23.7 Å². The molecular formula is C13H12ClF6NO2S. The van der Waals surface area contributed by atoms with Crippen LogP contribution in [0.2, 0.25) is 5.02 Å². The van der Waals surface area contributed by atoms with Gasteiger partial charge in [0.05, 0.1) is 16.9 Å². The minimum Gasteiger partial charge on any atom is -0.207 e. The Kier molecular flexibility index (Phi) is 5.14. The molecule has 0 N–H and O–H groups in total. The summed E-state index contributed by atoms with van der Waals surface area (Å²) in [5.41, 5.74) is 0. The molecule has 3 nitrogen and oxygen atoms in total. The first kappa shape index (κ1) is 19.3. The lowest BCUT2D eigenvalue weighted by Crippen LogP contribution is -2.51. The third-order valence-corrected chi connectivity index (χ3v) is 6.13. The number of hydrogen-bond donors (Lipinski definition) is 0. The van der Waals surface area contributed by atoms with E-state index in [4.69, 9.17) is 11.6 Å². The molecular weight excluding hydrogens is 384 g/mol. The maximum absolute atomic E-state index is 12.9. The van der Waals surface area contributed by atoms with Gasteiger partial charge in [-0.2, -0.15) is 30.6 Å². The number of alkyl halides is 6. The zero-order valence-corrected chi connectivity index (χ0v) is 13.5. The van der Waals surface area contributed by atoms with Crippen molar-refractivity contribution < 1.29 is 34.8 Å². The lowest BCUT2D eigenvalue weighted by Gasteiger charge is -2.38. The summed E-state index contributed by atoms with van der Waals surface area (Å²) in [6.07, 6.45) is -11.1. The number of benzene rings is 1. The summed E-state index contributed by atoms with van der Waals surface area (Å²) in [7, 11) is -4.58. The summed E-state index contributed by atoms with van der Waals surface area (Å²) in [6, 6.07) is 4.91. The normalized spacial score (nSPS) is 24.1. The zero-order chi connectivity index (χ0) is 18.3. The highest BCUT2D eigenvalue weighted by atomic mass is 35.5. The molecule has 1 fully saturated rings. The smallest absolute Gasteiger partial charge is 0.207 e. The molecule has 2 unspecified atom stereocenters. The summed E-state index contributed by atoms with van der Waals surface area (Å²) < 4.78 is 103. The second kappa shape index (κ2) is 6.38. The molecule has 1 aromatic rings. The van der Waals surface area contributed by atoms with Gasteiger partial charge in [-0.15, -0.1) is 0 Å². The maximum atomic E-state index is 12.9. The lowest BCUT2D eigenvalue weighted by atomic mass is 9.89. The molecule has 24 heavy (non-hydrogen) atoms. The van der Waals surface area contributed by atoms with Crippen LogP contribution in [0.3, 0.4) is 0 Å². The molecule has 11 heteroatoms. The minimum atomic E-state index is -4.93. The number of hydrogen-bond acceptors (Lipinski definition) is 2. The molecule has 1 saturated heterocycles. The van der Waals surface area contributed by atoms with Gasteiger partial charge in [-0.05, 0) is 18.6 Å². The standard InChI is InChI=1S/C13H12ClF6NO2S/c14-10-3-1-2-4-11(10)24(22,23)21-6-8(12(15,16)17)5-9(7-21)13(18,19)20/h1-4,8-9H,5-7H2. The largest absolute Gasteiger partial charge is 0.393 e. The average Bonchev–Trinajstić information content (AvgIpc) is 2.45. The van der Waals surface area contributed by atoms with E-state index < -0.39 is 58.6 Å². The molecule has 136 valence electrons. The summed E-state index contributed by atoms with van der Waals surface area (Å²) in [5, 5.41) is -0.268. The molecule has 2 rings (SSSR count). The van der Waals surface area contributed by atoms with Crippen LogP contribution in [-0.2, 0) is 10.0 Å². The van der Waals surface area contributed by atoms with Crippen molar-refractivity contribution in [3.63, 3.8) is 0 Å². The van der Waals surface area contributed by atoms with Crippen LogP contribution in [0.25, 0.3) is 0 Å². The molecule has 0 radical (unpaired) electrons. The predicted molar refractivity (Wildman–Crippen MR) is 73.9 cm³/mol. The summed E-state index contributed by atoms with van der Waals surface area (Å²) in [6.45, 7) is -2.13. The number of halogens is 7. The zero-order valence-electron chi connectivity index (χ0n) is 11.9. The van der Waals surface area contributed by atoms with Crippen LogP contribution in [0.1, 0.15) is 6.42 Å². The van der Waals surface area contributed by atoms with E-state index in [1.54, 1.807) is 0 Å². The second-order valence-electron chi connectivity index (χ2n) is 5.47. The van der Waals surface area contributed by atoms with Crippen molar-refractivity contribution >= 4 is 21.6 Å². The Morgan fingerprint density at radius 2 is 1.42 bits per heavy atom. The second-order valence-corrected chi connectivity index (χ2v) is 7.78. The third-order valence-electron chi connectivity index (χ3n) is 3.80. The molecule has 0 amide bonds. The highest BCUT2D eigenvalue weighted by molar-refractivity contribution is 7.89. The molecule has 1 heterocycles. The Morgan fingerprint density at radius 1 is 0.958 bits per heavy atom. The van der Waals surface area contributed by atoms with Gasteiger partial charge >= 0.3 is 12.4 Å². The van der Waals surface area contributed by atoms with E-state index in [9.17, 15) is 34.8 Å². The van der Waals surface area contributed by atoms with E-state index in [-0.39, 0.29) is 9.33 Å². The highest BCUT2D eigenvalue weighted by Gasteiger charge is 2.53. The first-order chi connectivity index (χ1) is 10.8. The summed E-state index contributed by atoms with van der Waals surface area (Å²) in [4.78, 5) is -0.518. The molecule has 1 aliphatic heterocycles. The Morgan fingerprint density at radius 3 is 1.83 bits per heavy atom. The molecule has 1 aromatic carbocycles. The Labute approximate surface area is 139 Å². The monoisotopic (exact) mass is 395 g/mol. The van der Waals surface area contributed by atoms with Crippen LogP contribution >= 0.6 is 11.6 Å². The van der Waals surface area contributed by atoms with Gasteiger partial charge in [-0.25, -0.2) is 8.42 Å². The topological polar surface area (TPSA) is 37.4 Å². The molecule has 0 aliphatic carbocycles. The molecule has 0 bridgehead atoms. The Bertz CT molecular complexity index is 681. The third kappa shape index (κ3) is 3.97. The first-order valence-electron chi connectivity index (χ1n) is 6.71. The van der Waals surface area contributed by atoms with Crippen LogP contribution in [0.15, 0.2) is 29.2 Å². The van der Waals surface area contributed by atoms with Gasteiger partial charge in [0.2, 0.25) is 10.0 Å². The van der Waals surface area contributed by atoms with Gasteiger partial charge < -0.3 is 0 Å². The first-order valence-corrected chi connectivity index (χ1v) is 8.53. The fourth-order valence-corrected chi connectivity index (χ4v) is 4.55. The van der Waals surface area contributed by atoms with E-state index >= 15 is 0 Å².